The molecule has 27 heavy (non-hydrogen) atoms. The van der Waals surface area contributed by atoms with E-state index in [0.29, 0.717) is 10.7 Å². The Hall–Kier alpha value is -2.76. The minimum atomic E-state index is -4.97. The lowest BCUT2D eigenvalue weighted by molar-refractivity contribution is -0.143. The number of carbonyl (C=O) groups is 1. The molecular weight excluding hydrogens is 384 g/mol. The summed E-state index contributed by atoms with van der Waals surface area (Å²) in [7, 11) is 1.06. The lowest BCUT2D eigenvalue weighted by Gasteiger charge is -2.15. The van der Waals surface area contributed by atoms with Gasteiger partial charge >= 0.3 is 18.3 Å². The minimum absolute atomic E-state index is 0.412. The van der Waals surface area contributed by atoms with Gasteiger partial charge in [0.25, 0.3) is 0 Å². The summed E-state index contributed by atoms with van der Waals surface area (Å²) in [4.78, 5) is 10.8. The van der Waals surface area contributed by atoms with Gasteiger partial charge in [0.05, 0.1) is 17.5 Å². The summed E-state index contributed by atoms with van der Waals surface area (Å²) < 4.78 is 83.8. The van der Waals surface area contributed by atoms with Crippen LogP contribution in [0.2, 0.25) is 0 Å². The number of carboxylic acid groups (broad SMARTS) is 1. The highest BCUT2D eigenvalue weighted by molar-refractivity contribution is 5.68. The lowest BCUT2D eigenvalue weighted by Crippen LogP contribution is -2.20. The molecule has 1 heterocycles. The molecule has 0 aliphatic rings. The van der Waals surface area contributed by atoms with E-state index in [9.17, 15) is 31.1 Å². The lowest BCUT2D eigenvalue weighted by atomic mass is 10.0. The number of aromatic nitrogens is 2. The van der Waals surface area contributed by atoms with Crippen LogP contribution in [0.1, 0.15) is 29.3 Å². The van der Waals surface area contributed by atoms with Gasteiger partial charge in [-0.15, -0.1) is 0 Å². The van der Waals surface area contributed by atoms with Crippen LogP contribution in [-0.2, 0) is 24.2 Å². The molecule has 0 saturated carbocycles. The molecule has 1 atom stereocenters. The van der Waals surface area contributed by atoms with Crippen LogP contribution in [-0.4, -0.2) is 20.9 Å². The first-order valence-corrected chi connectivity index (χ1v) is 7.27. The number of hydrogen-bond acceptors (Lipinski definition) is 4. The van der Waals surface area contributed by atoms with Crippen molar-refractivity contribution in [1.29, 1.82) is 0 Å². The van der Waals surface area contributed by atoms with Crippen LogP contribution in [0.3, 0.4) is 0 Å². The molecule has 0 aliphatic heterocycles. The number of carboxylic acids is 1. The van der Waals surface area contributed by atoms with E-state index in [4.69, 9.17) is 15.6 Å². The van der Waals surface area contributed by atoms with Gasteiger partial charge in [-0.25, -0.2) is 4.68 Å². The quantitative estimate of drug-likeness (QED) is 0.751. The van der Waals surface area contributed by atoms with E-state index in [1.165, 1.54) is 0 Å². The van der Waals surface area contributed by atoms with Gasteiger partial charge in [-0.05, 0) is 18.2 Å². The Balaban J connectivity index is 2.53. The first kappa shape index (κ1) is 20.6. The fourth-order valence-electron chi connectivity index (χ4n) is 2.33. The normalized spacial score (nSPS) is 13.5. The number of nitrogens with two attached hydrogens (primary N) is 1. The van der Waals surface area contributed by atoms with E-state index in [2.05, 4.69) is 5.10 Å². The van der Waals surface area contributed by atoms with Crippen molar-refractivity contribution >= 4 is 5.97 Å². The molecule has 0 spiro atoms. The SMILES string of the molecule is Cn1nc(C(F)(F)F)c(C(N)CC(=O)O)c1Oc1cccc(C(F)(F)F)c1. The fourth-order valence-corrected chi connectivity index (χ4v) is 2.33. The second-order valence-corrected chi connectivity index (χ2v) is 5.52. The molecule has 12 heteroatoms. The van der Waals surface area contributed by atoms with Crippen molar-refractivity contribution in [3.63, 3.8) is 0 Å². The molecule has 2 aromatic rings. The van der Waals surface area contributed by atoms with Gasteiger partial charge in [0.1, 0.15) is 5.75 Å². The van der Waals surface area contributed by atoms with Crippen molar-refractivity contribution in [2.75, 3.05) is 0 Å². The Morgan fingerprint density at radius 1 is 1.26 bits per heavy atom. The smallest absolute Gasteiger partial charge is 0.435 e. The van der Waals surface area contributed by atoms with Crippen molar-refractivity contribution < 1.29 is 41.0 Å². The van der Waals surface area contributed by atoms with Gasteiger partial charge in [0.15, 0.2) is 5.69 Å². The Kier molecular flexibility index (Phi) is 5.40. The van der Waals surface area contributed by atoms with E-state index in [0.717, 1.165) is 25.2 Å². The standard InChI is InChI=1S/C15H13F6N3O3/c1-24-13(27-8-4-2-3-7(5-8)14(16,17)18)11(9(22)6-10(25)26)12(23-24)15(19,20)21/h2-5,9H,6,22H2,1H3,(H,25,26). The van der Waals surface area contributed by atoms with Crippen molar-refractivity contribution in [3.05, 3.63) is 41.1 Å². The minimum Gasteiger partial charge on any atom is -0.481 e. The van der Waals surface area contributed by atoms with Gasteiger partial charge < -0.3 is 15.6 Å². The molecule has 148 valence electrons. The van der Waals surface area contributed by atoms with Crippen LogP contribution in [0.5, 0.6) is 11.6 Å². The summed E-state index contributed by atoms with van der Waals surface area (Å²) in [5, 5.41) is 12.0. The number of ether oxygens (including phenoxy) is 1. The van der Waals surface area contributed by atoms with Crippen molar-refractivity contribution in [2.24, 2.45) is 12.8 Å². The van der Waals surface area contributed by atoms with Crippen molar-refractivity contribution in [2.45, 2.75) is 24.8 Å². The van der Waals surface area contributed by atoms with Crippen LogP contribution in [0.25, 0.3) is 0 Å². The van der Waals surface area contributed by atoms with E-state index < -0.39 is 59.2 Å². The van der Waals surface area contributed by atoms with Crippen LogP contribution >= 0.6 is 0 Å². The second kappa shape index (κ2) is 7.10. The molecule has 1 aromatic carbocycles. The predicted octanol–water partition coefficient (Wildman–Crippen LogP) is 3.72. The maximum absolute atomic E-state index is 13.2. The Labute approximate surface area is 148 Å². The first-order chi connectivity index (χ1) is 12.3. The maximum atomic E-state index is 13.2. The van der Waals surface area contributed by atoms with Gasteiger partial charge in [-0.3, -0.25) is 4.79 Å². The molecule has 1 unspecified atom stereocenters. The summed E-state index contributed by atoms with van der Waals surface area (Å²) in [6.07, 6.45) is -10.5. The molecule has 0 fully saturated rings. The zero-order valence-corrected chi connectivity index (χ0v) is 13.6. The summed E-state index contributed by atoms with van der Waals surface area (Å²) in [6, 6.07) is 1.81. The molecular formula is C15H13F6N3O3. The molecule has 2 rings (SSSR count). The zero-order chi connectivity index (χ0) is 20.6. The molecule has 1 aromatic heterocycles. The number of aryl methyl sites for hydroxylation is 1. The van der Waals surface area contributed by atoms with E-state index in [1.807, 2.05) is 0 Å². The highest BCUT2D eigenvalue weighted by atomic mass is 19.4. The zero-order valence-electron chi connectivity index (χ0n) is 13.6. The average Bonchev–Trinajstić information content (AvgIpc) is 2.83. The molecule has 3 N–H and O–H groups in total. The van der Waals surface area contributed by atoms with Gasteiger partial charge in [0.2, 0.25) is 5.88 Å². The maximum Gasteiger partial charge on any atom is 0.435 e. The molecule has 6 nitrogen and oxygen atoms in total. The Bertz CT molecular complexity index is 844. The number of alkyl halides is 6. The molecule has 0 aliphatic carbocycles. The predicted molar refractivity (Wildman–Crippen MR) is 78.9 cm³/mol. The third kappa shape index (κ3) is 4.70. The van der Waals surface area contributed by atoms with E-state index in [-0.39, 0.29) is 0 Å². The molecule has 0 bridgehead atoms. The van der Waals surface area contributed by atoms with Crippen molar-refractivity contribution in [3.8, 4) is 11.6 Å². The van der Waals surface area contributed by atoms with Crippen LogP contribution in [0.15, 0.2) is 24.3 Å². The van der Waals surface area contributed by atoms with Gasteiger partial charge in [0, 0.05) is 13.1 Å². The number of aliphatic carboxylic acids is 1. The molecule has 0 saturated heterocycles. The van der Waals surface area contributed by atoms with E-state index >= 15 is 0 Å². The number of rotatable bonds is 5. The van der Waals surface area contributed by atoms with Crippen LogP contribution in [0.4, 0.5) is 26.3 Å². The fraction of sp³-hybridized carbons (Fsp3) is 0.333. The number of nitrogens with zero attached hydrogens (tertiary/aromatic N) is 2. The number of hydrogen-bond donors (Lipinski definition) is 2. The average molecular weight is 397 g/mol. The Morgan fingerprint density at radius 3 is 2.41 bits per heavy atom. The van der Waals surface area contributed by atoms with E-state index in [1.54, 1.807) is 0 Å². The molecule has 0 amide bonds. The third-order valence-corrected chi connectivity index (χ3v) is 3.44. The first-order valence-electron chi connectivity index (χ1n) is 7.27. The Morgan fingerprint density at radius 2 is 1.89 bits per heavy atom. The molecule has 0 radical (unpaired) electrons. The summed E-state index contributed by atoms with van der Waals surface area (Å²) in [5.74, 6) is -2.48. The summed E-state index contributed by atoms with van der Waals surface area (Å²) >= 11 is 0. The number of halogens is 6. The second-order valence-electron chi connectivity index (χ2n) is 5.52. The van der Waals surface area contributed by atoms with Crippen LogP contribution in [0, 0.1) is 0 Å². The van der Waals surface area contributed by atoms with Crippen molar-refractivity contribution in [1.82, 2.24) is 9.78 Å². The van der Waals surface area contributed by atoms with Gasteiger partial charge in [-0.2, -0.15) is 31.4 Å². The topological polar surface area (TPSA) is 90.4 Å². The summed E-state index contributed by atoms with van der Waals surface area (Å²) in [6.45, 7) is 0. The van der Waals surface area contributed by atoms with Crippen LogP contribution < -0.4 is 10.5 Å². The monoisotopic (exact) mass is 397 g/mol. The third-order valence-electron chi connectivity index (χ3n) is 3.44. The highest BCUT2D eigenvalue weighted by Crippen LogP contribution is 2.41. The largest absolute Gasteiger partial charge is 0.481 e. The number of benzene rings is 1. The highest BCUT2D eigenvalue weighted by Gasteiger charge is 2.41. The summed E-state index contributed by atoms with van der Waals surface area (Å²) in [5.41, 5.74) is 2.26. The van der Waals surface area contributed by atoms with Gasteiger partial charge in [-0.1, -0.05) is 6.07 Å².